The number of nitrogens with zero attached hydrogens (tertiary/aromatic N) is 2. The zero-order valence-corrected chi connectivity index (χ0v) is 6.69. The van der Waals surface area contributed by atoms with E-state index >= 15 is 0 Å². The molecule has 0 atom stereocenters. The number of carbonyl (C=O) groups excluding carboxylic acids is 1. The van der Waals surface area contributed by atoms with Gasteiger partial charge in [-0.05, 0) is 19.1 Å². The summed E-state index contributed by atoms with van der Waals surface area (Å²) < 4.78 is 1.69. The highest BCUT2D eigenvalue weighted by Crippen LogP contribution is 2.09. The van der Waals surface area contributed by atoms with E-state index < -0.39 is 0 Å². The summed E-state index contributed by atoms with van der Waals surface area (Å²) in [5.41, 5.74) is 1.54. The van der Waals surface area contributed by atoms with Crippen molar-refractivity contribution in [3.63, 3.8) is 0 Å². The zero-order valence-electron chi connectivity index (χ0n) is 6.69. The SMILES string of the molecule is CC(=O)c1cnn2ccccc12. The van der Waals surface area contributed by atoms with Crippen molar-refractivity contribution in [1.29, 1.82) is 0 Å². The van der Waals surface area contributed by atoms with Gasteiger partial charge in [-0.3, -0.25) is 4.79 Å². The van der Waals surface area contributed by atoms with Crippen LogP contribution in [0.3, 0.4) is 0 Å². The van der Waals surface area contributed by atoms with E-state index in [0.29, 0.717) is 5.56 Å². The Bertz CT molecular complexity index is 431. The lowest BCUT2D eigenvalue weighted by molar-refractivity contribution is 0.101. The molecule has 2 aromatic rings. The van der Waals surface area contributed by atoms with E-state index in [1.807, 2.05) is 24.4 Å². The van der Waals surface area contributed by atoms with Crippen LogP contribution in [0.15, 0.2) is 30.6 Å². The molecule has 0 amide bonds. The third kappa shape index (κ3) is 0.906. The highest BCUT2D eigenvalue weighted by atomic mass is 16.1. The number of pyridine rings is 1. The van der Waals surface area contributed by atoms with E-state index in [4.69, 9.17) is 0 Å². The van der Waals surface area contributed by atoms with E-state index in [0.717, 1.165) is 5.52 Å². The molecule has 0 bridgehead atoms. The summed E-state index contributed by atoms with van der Waals surface area (Å²) >= 11 is 0. The fourth-order valence-electron chi connectivity index (χ4n) is 1.21. The van der Waals surface area contributed by atoms with Crippen LogP contribution in [0.1, 0.15) is 17.3 Å². The highest BCUT2D eigenvalue weighted by Gasteiger charge is 2.05. The van der Waals surface area contributed by atoms with Crippen LogP contribution in [0.4, 0.5) is 0 Å². The molecule has 12 heavy (non-hydrogen) atoms. The summed E-state index contributed by atoms with van der Waals surface area (Å²) in [5, 5.41) is 4.04. The third-order valence-corrected chi connectivity index (χ3v) is 1.81. The largest absolute Gasteiger partial charge is 0.294 e. The van der Waals surface area contributed by atoms with Gasteiger partial charge in [-0.1, -0.05) is 6.07 Å². The van der Waals surface area contributed by atoms with Crippen LogP contribution in [0.5, 0.6) is 0 Å². The third-order valence-electron chi connectivity index (χ3n) is 1.81. The molecule has 2 aromatic heterocycles. The second-order valence-electron chi connectivity index (χ2n) is 2.64. The Morgan fingerprint density at radius 1 is 1.50 bits per heavy atom. The molecule has 0 aliphatic carbocycles. The quantitative estimate of drug-likeness (QED) is 0.593. The van der Waals surface area contributed by atoms with Crippen LogP contribution >= 0.6 is 0 Å². The van der Waals surface area contributed by atoms with Crippen LogP contribution < -0.4 is 0 Å². The standard InChI is InChI=1S/C9H8N2O/c1-7(12)8-6-10-11-5-3-2-4-9(8)11/h2-6H,1H3. The minimum atomic E-state index is 0.0520. The van der Waals surface area contributed by atoms with Gasteiger partial charge < -0.3 is 0 Å². The summed E-state index contributed by atoms with van der Waals surface area (Å²) in [6, 6.07) is 5.65. The first-order chi connectivity index (χ1) is 5.79. The first-order valence-electron chi connectivity index (χ1n) is 3.72. The molecule has 3 nitrogen and oxygen atoms in total. The fraction of sp³-hybridized carbons (Fsp3) is 0.111. The molecule has 0 radical (unpaired) electrons. The van der Waals surface area contributed by atoms with Crippen molar-refractivity contribution in [1.82, 2.24) is 9.61 Å². The highest BCUT2D eigenvalue weighted by molar-refractivity contribution is 6.00. The average Bonchev–Trinajstić information content (AvgIpc) is 2.47. The van der Waals surface area contributed by atoms with E-state index in [1.165, 1.54) is 0 Å². The Labute approximate surface area is 69.6 Å². The summed E-state index contributed by atoms with van der Waals surface area (Å²) in [6.45, 7) is 1.55. The lowest BCUT2D eigenvalue weighted by atomic mass is 10.2. The number of hydrogen-bond donors (Lipinski definition) is 0. The Morgan fingerprint density at radius 2 is 2.33 bits per heavy atom. The topological polar surface area (TPSA) is 34.4 Å². The van der Waals surface area contributed by atoms with E-state index in [-0.39, 0.29) is 5.78 Å². The molecular formula is C9H8N2O. The van der Waals surface area contributed by atoms with Gasteiger partial charge in [0.05, 0.1) is 17.3 Å². The number of ketones is 1. The Balaban J connectivity index is 2.79. The van der Waals surface area contributed by atoms with E-state index in [2.05, 4.69) is 5.10 Å². The molecule has 0 aliphatic rings. The molecule has 2 rings (SSSR count). The van der Waals surface area contributed by atoms with Gasteiger partial charge in [-0.25, -0.2) is 4.52 Å². The summed E-state index contributed by atoms with van der Waals surface area (Å²) in [5.74, 6) is 0.0520. The maximum absolute atomic E-state index is 11.1. The van der Waals surface area contributed by atoms with Gasteiger partial charge in [0.2, 0.25) is 0 Å². The molecule has 0 N–H and O–H groups in total. The van der Waals surface area contributed by atoms with Crippen LogP contribution in [0, 0.1) is 0 Å². The molecule has 3 heteroatoms. The van der Waals surface area contributed by atoms with Gasteiger partial charge >= 0.3 is 0 Å². The molecule has 0 spiro atoms. The minimum absolute atomic E-state index is 0.0520. The van der Waals surface area contributed by atoms with Crippen molar-refractivity contribution < 1.29 is 4.79 Å². The molecular weight excluding hydrogens is 152 g/mol. The number of carbonyl (C=O) groups is 1. The normalized spacial score (nSPS) is 10.4. The van der Waals surface area contributed by atoms with Crippen molar-refractivity contribution in [3.05, 3.63) is 36.2 Å². The monoisotopic (exact) mass is 160 g/mol. The first kappa shape index (κ1) is 7.03. The number of rotatable bonds is 1. The number of aromatic nitrogens is 2. The molecule has 0 aliphatic heterocycles. The molecule has 0 saturated carbocycles. The lowest BCUT2D eigenvalue weighted by Gasteiger charge is -1.91. The predicted octanol–water partition coefficient (Wildman–Crippen LogP) is 1.54. The van der Waals surface area contributed by atoms with Gasteiger partial charge in [0.15, 0.2) is 5.78 Å². The first-order valence-corrected chi connectivity index (χ1v) is 3.72. The second-order valence-corrected chi connectivity index (χ2v) is 2.64. The smallest absolute Gasteiger partial charge is 0.163 e. The number of fused-ring (bicyclic) bond motifs is 1. The van der Waals surface area contributed by atoms with E-state index in [9.17, 15) is 4.79 Å². The van der Waals surface area contributed by atoms with Crippen molar-refractivity contribution in [2.24, 2.45) is 0 Å². The van der Waals surface area contributed by atoms with Crippen molar-refractivity contribution >= 4 is 11.3 Å². The Morgan fingerprint density at radius 3 is 3.08 bits per heavy atom. The molecule has 0 aromatic carbocycles. The van der Waals surface area contributed by atoms with Gasteiger partial charge in [-0.15, -0.1) is 0 Å². The van der Waals surface area contributed by atoms with Gasteiger partial charge in [-0.2, -0.15) is 5.10 Å². The van der Waals surface area contributed by atoms with Gasteiger partial charge in [0, 0.05) is 6.20 Å². The van der Waals surface area contributed by atoms with Crippen LogP contribution in [0.25, 0.3) is 5.52 Å². The van der Waals surface area contributed by atoms with Crippen LogP contribution in [-0.4, -0.2) is 15.4 Å². The zero-order chi connectivity index (χ0) is 8.55. The van der Waals surface area contributed by atoms with Crippen molar-refractivity contribution in [2.45, 2.75) is 6.92 Å². The molecule has 2 heterocycles. The Hall–Kier alpha value is -1.64. The summed E-state index contributed by atoms with van der Waals surface area (Å²) in [4.78, 5) is 11.1. The van der Waals surface area contributed by atoms with Crippen LogP contribution in [-0.2, 0) is 0 Å². The molecule has 0 fully saturated rings. The maximum Gasteiger partial charge on any atom is 0.163 e. The number of Topliss-reactive ketones (excluding diaryl/α,β-unsaturated/α-hetero) is 1. The molecule has 0 unspecified atom stereocenters. The van der Waals surface area contributed by atoms with E-state index in [1.54, 1.807) is 17.6 Å². The van der Waals surface area contributed by atoms with Crippen molar-refractivity contribution in [2.75, 3.05) is 0 Å². The summed E-state index contributed by atoms with van der Waals surface area (Å²) in [7, 11) is 0. The van der Waals surface area contributed by atoms with Crippen molar-refractivity contribution in [3.8, 4) is 0 Å². The second kappa shape index (κ2) is 2.44. The van der Waals surface area contributed by atoms with Gasteiger partial charge in [0.1, 0.15) is 0 Å². The molecule has 60 valence electrons. The predicted molar refractivity (Wildman–Crippen MR) is 45.2 cm³/mol. The van der Waals surface area contributed by atoms with Crippen LogP contribution in [0.2, 0.25) is 0 Å². The van der Waals surface area contributed by atoms with Gasteiger partial charge in [0.25, 0.3) is 0 Å². The summed E-state index contributed by atoms with van der Waals surface area (Å²) in [6.07, 6.45) is 3.42. The average molecular weight is 160 g/mol. The lowest BCUT2D eigenvalue weighted by Crippen LogP contribution is -1.90. The minimum Gasteiger partial charge on any atom is -0.294 e. The number of hydrogen-bond acceptors (Lipinski definition) is 2. The maximum atomic E-state index is 11.1. The fourth-order valence-corrected chi connectivity index (χ4v) is 1.21. The molecule has 0 saturated heterocycles. The Kier molecular flexibility index (Phi) is 1.43.